The van der Waals surface area contributed by atoms with Crippen molar-refractivity contribution in [2.45, 2.75) is 11.8 Å². The fourth-order valence-electron chi connectivity index (χ4n) is 8.35. The van der Waals surface area contributed by atoms with Gasteiger partial charge in [-0.25, -0.2) is 0 Å². The second-order valence-corrected chi connectivity index (χ2v) is 13.3. The van der Waals surface area contributed by atoms with Crippen LogP contribution in [0.3, 0.4) is 0 Å². The largest absolute Gasteiger partial charge is 0.0708 e. The molecule has 2 atom stereocenters. The smallest absolute Gasteiger partial charge is 0.0374 e. The van der Waals surface area contributed by atoms with Crippen molar-refractivity contribution in [3.63, 3.8) is 0 Å². The molecule has 7 aromatic rings. The van der Waals surface area contributed by atoms with Gasteiger partial charge in [-0.1, -0.05) is 224 Å². The van der Waals surface area contributed by atoms with Crippen molar-refractivity contribution in [2.75, 3.05) is 0 Å². The van der Waals surface area contributed by atoms with Crippen LogP contribution in [0.25, 0.3) is 11.1 Å². The van der Waals surface area contributed by atoms with Crippen LogP contribution in [0.5, 0.6) is 0 Å². The molecule has 0 saturated heterocycles. The van der Waals surface area contributed by atoms with Crippen molar-refractivity contribution in [1.82, 2.24) is 0 Å². The first kappa shape index (κ1) is 31.3. The number of benzene rings is 7. The van der Waals surface area contributed by atoms with Gasteiger partial charge in [-0.05, 0) is 56.5 Å². The molecule has 0 N–H and O–H groups in total. The van der Waals surface area contributed by atoms with Gasteiger partial charge in [-0.3, -0.25) is 0 Å². The van der Waals surface area contributed by atoms with Crippen LogP contribution in [0.1, 0.15) is 38.9 Å². The second-order valence-electron chi connectivity index (χ2n) is 13.3. The maximum absolute atomic E-state index is 2.65. The van der Waals surface area contributed by atoms with Gasteiger partial charge in [-0.15, -0.1) is 0 Å². The highest BCUT2D eigenvalue weighted by atomic mass is 14.8. The van der Waals surface area contributed by atoms with Crippen molar-refractivity contribution >= 4 is 11.1 Å². The quantitative estimate of drug-likeness (QED) is 0.140. The zero-order valence-corrected chi connectivity index (χ0v) is 28.1. The van der Waals surface area contributed by atoms with Gasteiger partial charge in [0.2, 0.25) is 0 Å². The van der Waals surface area contributed by atoms with Gasteiger partial charge in [0.05, 0.1) is 0 Å². The van der Waals surface area contributed by atoms with Crippen LogP contribution in [0, 0.1) is 11.3 Å². The first-order chi connectivity index (χ1) is 24.8. The van der Waals surface area contributed by atoms with Crippen LogP contribution < -0.4 is 0 Å². The van der Waals surface area contributed by atoms with E-state index in [-0.39, 0.29) is 16.7 Å². The molecule has 1 saturated carbocycles. The van der Waals surface area contributed by atoms with Gasteiger partial charge < -0.3 is 0 Å². The first-order valence-corrected chi connectivity index (χ1v) is 17.6. The maximum Gasteiger partial charge on any atom is 0.0374 e. The topological polar surface area (TPSA) is 0 Å². The summed E-state index contributed by atoms with van der Waals surface area (Å²) in [6.45, 7) is 0. The minimum absolute atomic E-state index is 0.123. The molecule has 1 fully saturated rings. The summed E-state index contributed by atoms with van der Waals surface area (Å²) in [5, 5.41) is 0. The molecule has 0 aliphatic heterocycles. The lowest BCUT2D eigenvalue weighted by molar-refractivity contribution is 0.550. The molecule has 1 aliphatic carbocycles. The second kappa shape index (κ2) is 13.9. The Bertz CT molecular complexity index is 2060. The Kier molecular flexibility index (Phi) is 8.68. The van der Waals surface area contributed by atoms with Gasteiger partial charge in [0.1, 0.15) is 0 Å². The molecule has 50 heavy (non-hydrogen) atoms. The average molecular weight is 641 g/mol. The predicted octanol–water partition coefficient (Wildman–Crippen LogP) is 12.1. The molecule has 1 aliphatic rings. The van der Waals surface area contributed by atoms with Gasteiger partial charge >= 0.3 is 0 Å². The molecular formula is C50H40. The van der Waals surface area contributed by atoms with E-state index in [0.717, 1.165) is 6.42 Å². The van der Waals surface area contributed by atoms with Gasteiger partial charge in [-0.2, -0.15) is 0 Å². The summed E-state index contributed by atoms with van der Waals surface area (Å²) in [6, 6.07) is 77.3. The highest BCUT2D eigenvalue weighted by Gasteiger charge is 2.75. The van der Waals surface area contributed by atoms with E-state index in [2.05, 4.69) is 224 Å². The molecule has 0 nitrogen and oxygen atoms in total. The summed E-state index contributed by atoms with van der Waals surface area (Å²) in [6.07, 6.45) is 6.13. The van der Waals surface area contributed by atoms with E-state index in [0.29, 0.717) is 0 Å². The van der Waals surface area contributed by atoms with Gasteiger partial charge in [0.15, 0.2) is 0 Å². The van der Waals surface area contributed by atoms with E-state index < -0.39 is 0 Å². The minimum Gasteiger partial charge on any atom is -0.0708 e. The normalized spacial score (nSPS) is 17.3. The summed E-state index contributed by atoms with van der Waals surface area (Å²) in [5.41, 5.74) is 10.7. The van der Waals surface area contributed by atoms with Crippen LogP contribution in [0.2, 0.25) is 0 Å². The van der Waals surface area contributed by atoms with Crippen molar-refractivity contribution in [1.29, 1.82) is 0 Å². The van der Waals surface area contributed by atoms with Crippen LogP contribution >= 0.6 is 0 Å². The summed E-state index contributed by atoms with van der Waals surface area (Å²) in [4.78, 5) is 0. The summed E-state index contributed by atoms with van der Waals surface area (Å²) >= 11 is 0. The fraction of sp³-hybridized carbons (Fsp3) is 0.0800. The summed E-state index contributed by atoms with van der Waals surface area (Å²) in [7, 11) is 0. The minimum atomic E-state index is -0.352. The molecule has 0 heteroatoms. The van der Waals surface area contributed by atoms with Gasteiger partial charge in [0.25, 0.3) is 0 Å². The monoisotopic (exact) mass is 640 g/mol. The molecule has 2 unspecified atom stereocenters. The van der Waals surface area contributed by atoms with E-state index in [1.54, 1.807) is 0 Å². The number of hydrogen-bond acceptors (Lipinski definition) is 0. The van der Waals surface area contributed by atoms with Crippen molar-refractivity contribution in [3.05, 3.63) is 263 Å². The predicted molar refractivity (Wildman–Crippen MR) is 210 cm³/mol. The van der Waals surface area contributed by atoms with Gasteiger partial charge in [0, 0.05) is 16.7 Å². The van der Waals surface area contributed by atoms with E-state index in [4.69, 9.17) is 0 Å². The Morgan fingerprint density at radius 2 is 0.700 bits per heavy atom. The molecule has 0 aromatic heterocycles. The number of allylic oxidation sites excluding steroid dienone is 2. The van der Waals surface area contributed by atoms with E-state index in [1.807, 2.05) is 0 Å². The highest BCUT2D eigenvalue weighted by Crippen LogP contribution is 2.76. The SMILES string of the molecule is C(=C(c1ccccc1)c1ccccc1)C1C(C=C(c2ccccc2)c2ccccc2)(Cc2ccccc2)C1(c1ccccc1)c1ccccc1. The van der Waals surface area contributed by atoms with Crippen LogP contribution in [-0.2, 0) is 11.8 Å². The Morgan fingerprint density at radius 3 is 1.08 bits per heavy atom. The maximum atomic E-state index is 2.65. The summed E-state index contributed by atoms with van der Waals surface area (Å²) in [5.74, 6) is 0.123. The van der Waals surface area contributed by atoms with Crippen molar-refractivity contribution in [3.8, 4) is 0 Å². The molecule has 0 amide bonds. The van der Waals surface area contributed by atoms with Crippen LogP contribution in [-0.4, -0.2) is 0 Å². The van der Waals surface area contributed by atoms with E-state index >= 15 is 0 Å². The van der Waals surface area contributed by atoms with Crippen molar-refractivity contribution in [2.24, 2.45) is 11.3 Å². The number of hydrogen-bond donors (Lipinski definition) is 0. The first-order valence-electron chi connectivity index (χ1n) is 17.6. The van der Waals surface area contributed by atoms with E-state index in [9.17, 15) is 0 Å². The molecule has 0 radical (unpaired) electrons. The molecular weight excluding hydrogens is 601 g/mol. The van der Waals surface area contributed by atoms with Crippen molar-refractivity contribution < 1.29 is 0 Å². The third-order valence-electron chi connectivity index (χ3n) is 10.5. The lowest BCUT2D eigenvalue weighted by Gasteiger charge is -2.27. The molecule has 8 rings (SSSR count). The molecule has 0 bridgehead atoms. The Balaban J connectivity index is 1.50. The molecule has 240 valence electrons. The van der Waals surface area contributed by atoms with E-state index in [1.165, 1.54) is 50.1 Å². The zero-order valence-electron chi connectivity index (χ0n) is 28.1. The summed E-state index contributed by atoms with van der Waals surface area (Å²) < 4.78 is 0. The zero-order chi connectivity index (χ0) is 33.6. The standard InChI is InChI=1S/C50H40/c1-8-22-39(23-9-1)37-49(38-47(42-28-14-4-15-29-42)43-30-16-5-17-31-43)48(36-46(40-24-10-2-11-25-40)41-26-12-3-13-27-41)50(49,44-32-18-6-19-33-44)45-34-20-7-21-35-45/h1-36,38,48H,37H2. The lowest BCUT2D eigenvalue weighted by Crippen LogP contribution is -2.22. The fourth-order valence-corrected chi connectivity index (χ4v) is 8.35. The Hall–Kier alpha value is -5.98. The Morgan fingerprint density at radius 1 is 0.380 bits per heavy atom. The third-order valence-corrected chi connectivity index (χ3v) is 10.5. The molecule has 7 aromatic carbocycles. The molecule has 0 spiro atoms. The average Bonchev–Trinajstić information content (AvgIpc) is 3.77. The lowest BCUT2D eigenvalue weighted by atomic mass is 9.76. The number of rotatable bonds is 10. The molecule has 0 heterocycles. The third kappa shape index (κ3) is 5.74. The highest BCUT2D eigenvalue weighted by molar-refractivity contribution is 5.84. The Labute approximate surface area is 296 Å². The van der Waals surface area contributed by atoms with Crippen LogP contribution in [0.15, 0.2) is 224 Å². The van der Waals surface area contributed by atoms with Crippen LogP contribution in [0.4, 0.5) is 0 Å².